The van der Waals surface area contributed by atoms with Gasteiger partial charge in [-0.05, 0) is 37.3 Å². The number of amides is 2. The monoisotopic (exact) mass is 306 g/mol. The van der Waals surface area contributed by atoms with E-state index in [0.29, 0.717) is 12.2 Å². The third kappa shape index (κ3) is 3.96. The van der Waals surface area contributed by atoms with E-state index in [-0.39, 0.29) is 11.3 Å². The number of benzene rings is 1. The van der Waals surface area contributed by atoms with Gasteiger partial charge in [-0.25, -0.2) is 9.59 Å². The predicted octanol–water partition coefficient (Wildman–Crippen LogP) is 2.78. The molecule has 1 aromatic heterocycles. The second kappa shape index (κ2) is 6.27. The summed E-state index contributed by atoms with van der Waals surface area (Å²) in [6.07, 6.45) is 0. The molecule has 0 radical (unpaired) electrons. The van der Waals surface area contributed by atoms with Crippen molar-refractivity contribution in [2.24, 2.45) is 0 Å². The van der Waals surface area contributed by atoms with E-state index in [0.717, 1.165) is 9.75 Å². The summed E-state index contributed by atoms with van der Waals surface area (Å²) in [5.74, 6) is -1.60. The van der Waals surface area contributed by atoms with Gasteiger partial charge in [-0.1, -0.05) is 0 Å². The van der Waals surface area contributed by atoms with Gasteiger partial charge in [-0.2, -0.15) is 0 Å². The van der Waals surface area contributed by atoms with Crippen molar-refractivity contribution in [2.75, 3.05) is 5.32 Å². The molecule has 0 aliphatic carbocycles. The number of aryl methyl sites for hydroxylation is 1. The van der Waals surface area contributed by atoms with Gasteiger partial charge < -0.3 is 20.8 Å². The van der Waals surface area contributed by atoms with E-state index in [1.807, 2.05) is 19.1 Å². The van der Waals surface area contributed by atoms with E-state index in [2.05, 4.69) is 10.6 Å². The van der Waals surface area contributed by atoms with Crippen LogP contribution in [0.2, 0.25) is 0 Å². The number of aromatic hydroxyl groups is 1. The highest BCUT2D eigenvalue weighted by molar-refractivity contribution is 7.11. The smallest absolute Gasteiger partial charge is 0.339 e. The van der Waals surface area contributed by atoms with Crippen molar-refractivity contribution < 1.29 is 19.8 Å². The molecule has 0 aliphatic rings. The Morgan fingerprint density at radius 3 is 2.62 bits per heavy atom. The highest BCUT2D eigenvalue weighted by atomic mass is 32.1. The van der Waals surface area contributed by atoms with E-state index in [1.165, 1.54) is 18.2 Å². The Labute approximate surface area is 125 Å². The van der Waals surface area contributed by atoms with Crippen LogP contribution in [0.1, 0.15) is 20.1 Å². The summed E-state index contributed by atoms with van der Waals surface area (Å²) in [6, 6.07) is 7.32. The number of phenols is 1. The van der Waals surface area contributed by atoms with Crippen LogP contribution in [0.5, 0.6) is 5.75 Å². The fraction of sp³-hybridized carbons (Fsp3) is 0.143. The van der Waals surface area contributed by atoms with Crippen LogP contribution in [0.4, 0.5) is 10.5 Å². The van der Waals surface area contributed by atoms with Crippen molar-refractivity contribution in [3.8, 4) is 5.75 Å². The molecule has 0 bridgehead atoms. The molecule has 2 amide bonds. The second-order valence-corrected chi connectivity index (χ2v) is 5.73. The van der Waals surface area contributed by atoms with Crippen molar-refractivity contribution in [2.45, 2.75) is 13.5 Å². The first-order valence-corrected chi connectivity index (χ1v) is 6.94. The third-order valence-corrected chi connectivity index (χ3v) is 3.70. The minimum atomic E-state index is -1.26. The lowest BCUT2D eigenvalue weighted by Gasteiger charge is -2.08. The number of hydrogen-bond donors (Lipinski definition) is 4. The summed E-state index contributed by atoms with van der Waals surface area (Å²) in [5, 5.41) is 23.5. The zero-order valence-electron chi connectivity index (χ0n) is 11.2. The molecule has 4 N–H and O–H groups in total. The minimum absolute atomic E-state index is 0.262. The van der Waals surface area contributed by atoms with E-state index in [4.69, 9.17) is 5.11 Å². The van der Waals surface area contributed by atoms with Crippen LogP contribution in [-0.2, 0) is 6.54 Å². The lowest BCUT2D eigenvalue weighted by molar-refractivity contribution is 0.0693. The first-order chi connectivity index (χ1) is 9.95. The minimum Gasteiger partial charge on any atom is -0.507 e. The van der Waals surface area contributed by atoms with Gasteiger partial charge >= 0.3 is 12.0 Å². The van der Waals surface area contributed by atoms with Gasteiger partial charge in [0.05, 0.1) is 6.54 Å². The van der Waals surface area contributed by atoms with Crippen LogP contribution >= 0.6 is 11.3 Å². The summed E-state index contributed by atoms with van der Waals surface area (Å²) in [6.45, 7) is 2.38. The molecule has 0 atom stereocenters. The molecule has 0 fully saturated rings. The first kappa shape index (κ1) is 14.9. The van der Waals surface area contributed by atoms with E-state index >= 15 is 0 Å². The number of carbonyl (C=O) groups is 2. The summed E-state index contributed by atoms with van der Waals surface area (Å²) in [4.78, 5) is 24.8. The average molecular weight is 306 g/mol. The number of nitrogens with one attached hydrogen (secondary N) is 2. The van der Waals surface area contributed by atoms with Crippen molar-refractivity contribution >= 4 is 29.0 Å². The largest absolute Gasteiger partial charge is 0.507 e. The number of hydrogen-bond acceptors (Lipinski definition) is 4. The molecular weight excluding hydrogens is 292 g/mol. The summed E-state index contributed by atoms with van der Waals surface area (Å²) < 4.78 is 0. The molecule has 1 heterocycles. The Morgan fingerprint density at radius 1 is 1.24 bits per heavy atom. The van der Waals surface area contributed by atoms with Gasteiger partial charge in [0.2, 0.25) is 0 Å². The number of anilines is 1. The Morgan fingerprint density at radius 2 is 2.00 bits per heavy atom. The highest BCUT2D eigenvalue weighted by Gasteiger charge is 2.11. The normalized spacial score (nSPS) is 10.1. The first-order valence-electron chi connectivity index (χ1n) is 6.12. The fourth-order valence-corrected chi connectivity index (χ4v) is 2.54. The molecule has 1 aromatic carbocycles. The summed E-state index contributed by atoms with van der Waals surface area (Å²) in [5.41, 5.74) is 0.0340. The van der Waals surface area contributed by atoms with E-state index < -0.39 is 12.0 Å². The van der Waals surface area contributed by atoms with Gasteiger partial charge in [-0.15, -0.1) is 11.3 Å². The number of carbonyl (C=O) groups excluding carboxylic acids is 1. The van der Waals surface area contributed by atoms with Crippen LogP contribution in [0.3, 0.4) is 0 Å². The molecule has 0 saturated heterocycles. The number of urea groups is 1. The standard InChI is InChI=1S/C14H14N2O4S/c1-8-2-4-10(21-8)7-15-14(20)16-9-3-5-12(17)11(6-9)13(18)19/h2-6,17H,7H2,1H3,(H,18,19)(H2,15,16,20). The average Bonchev–Trinajstić information content (AvgIpc) is 2.84. The maximum absolute atomic E-state index is 11.7. The quantitative estimate of drug-likeness (QED) is 0.653. The Hall–Kier alpha value is -2.54. The Bertz CT molecular complexity index is 681. The van der Waals surface area contributed by atoms with Crippen molar-refractivity contribution in [3.05, 3.63) is 45.6 Å². The van der Waals surface area contributed by atoms with Gasteiger partial charge in [0.1, 0.15) is 11.3 Å². The van der Waals surface area contributed by atoms with Crippen molar-refractivity contribution in [1.29, 1.82) is 0 Å². The zero-order valence-corrected chi connectivity index (χ0v) is 12.0. The van der Waals surface area contributed by atoms with E-state index in [1.54, 1.807) is 11.3 Å². The topological polar surface area (TPSA) is 98.7 Å². The van der Waals surface area contributed by atoms with Gasteiger partial charge in [0.15, 0.2) is 0 Å². The van der Waals surface area contributed by atoms with Crippen LogP contribution in [0.25, 0.3) is 0 Å². The van der Waals surface area contributed by atoms with Gasteiger partial charge in [0, 0.05) is 15.4 Å². The number of carboxylic acids is 1. The number of aromatic carboxylic acids is 1. The molecule has 21 heavy (non-hydrogen) atoms. The molecular formula is C14H14N2O4S. The fourth-order valence-electron chi connectivity index (χ4n) is 1.71. The van der Waals surface area contributed by atoms with Crippen LogP contribution < -0.4 is 10.6 Å². The SMILES string of the molecule is Cc1ccc(CNC(=O)Nc2ccc(O)c(C(=O)O)c2)s1. The molecule has 110 valence electrons. The summed E-state index contributed by atoms with van der Waals surface area (Å²) in [7, 11) is 0. The van der Waals surface area contributed by atoms with E-state index in [9.17, 15) is 14.7 Å². The molecule has 0 saturated carbocycles. The van der Waals surface area contributed by atoms with Crippen molar-refractivity contribution in [3.63, 3.8) is 0 Å². The highest BCUT2D eigenvalue weighted by Crippen LogP contribution is 2.21. The van der Waals surface area contributed by atoms with Crippen LogP contribution in [0.15, 0.2) is 30.3 Å². The maximum atomic E-state index is 11.7. The zero-order chi connectivity index (χ0) is 15.4. The maximum Gasteiger partial charge on any atom is 0.339 e. The second-order valence-electron chi connectivity index (χ2n) is 4.36. The molecule has 6 nitrogen and oxygen atoms in total. The number of carboxylic acid groups (broad SMARTS) is 1. The lowest BCUT2D eigenvalue weighted by Crippen LogP contribution is -2.27. The lowest BCUT2D eigenvalue weighted by atomic mass is 10.2. The number of rotatable bonds is 4. The Balaban J connectivity index is 1.96. The third-order valence-electron chi connectivity index (χ3n) is 2.70. The molecule has 2 aromatic rings. The van der Waals surface area contributed by atoms with Crippen LogP contribution in [-0.4, -0.2) is 22.2 Å². The summed E-state index contributed by atoms with van der Waals surface area (Å²) >= 11 is 1.59. The van der Waals surface area contributed by atoms with Gasteiger partial charge in [0.25, 0.3) is 0 Å². The predicted molar refractivity (Wildman–Crippen MR) is 80.0 cm³/mol. The van der Waals surface area contributed by atoms with Gasteiger partial charge in [-0.3, -0.25) is 0 Å². The molecule has 2 rings (SSSR count). The molecule has 7 heteroatoms. The molecule has 0 aliphatic heterocycles. The van der Waals surface area contributed by atoms with Crippen LogP contribution in [0, 0.1) is 6.92 Å². The molecule has 0 spiro atoms. The Kier molecular flexibility index (Phi) is 4.44. The number of thiophene rings is 1. The molecule has 0 unspecified atom stereocenters. The van der Waals surface area contributed by atoms with Crippen molar-refractivity contribution in [1.82, 2.24) is 5.32 Å².